The lowest BCUT2D eigenvalue weighted by molar-refractivity contribution is -0.127. The molecule has 7 atom stereocenters. The van der Waals surface area contributed by atoms with Crippen LogP contribution in [-0.4, -0.2) is 5.78 Å². The number of fused-ring (bicyclic) bond motifs is 4. The van der Waals surface area contributed by atoms with Gasteiger partial charge >= 0.3 is 0 Å². The van der Waals surface area contributed by atoms with Crippen LogP contribution in [0.5, 0.6) is 0 Å². The van der Waals surface area contributed by atoms with Crippen molar-refractivity contribution in [3.05, 3.63) is 11.1 Å². The molecule has 0 heterocycles. The van der Waals surface area contributed by atoms with Crippen LogP contribution in [0.15, 0.2) is 11.1 Å². The summed E-state index contributed by atoms with van der Waals surface area (Å²) in [5.74, 6) is 5.40. The minimum absolute atomic E-state index is 0.409. The molecule has 0 aromatic rings. The number of rotatable bonds is 5. The molecule has 4 rings (SSSR count). The van der Waals surface area contributed by atoms with Crippen molar-refractivity contribution in [2.45, 2.75) is 112 Å². The van der Waals surface area contributed by atoms with E-state index in [9.17, 15) is 4.79 Å². The van der Waals surface area contributed by atoms with E-state index in [0.717, 1.165) is 48.9 Å². The second kappa shape index (κ2) is 7.83. The van der Waals surface area contributed by atoms with Gasteiger partial charge in [0.1, 0.15) is 5.78 Å². The molecule has 1 nitrogen and oxygen atoms in total. The predicted molar refractivity (Wildman–Crippen MR) is 123 cm³/mol. The van der Waals surface area contributed by atoms with E-state index < -0.39 is 0 Å². The number of carbonyl (C=O) groups excluding carboxylic acids is 1. The van der Waals surface area contributed by atoms with Crippen LogP contribution in [-0.2, 0) is 4.79 Å². The number of carbonyl (C=O) groups is 1. The SMILES string of the molecule is CC(C)[C@@H](C)CC[C@@H](C)[C@@H]1CCC2=C3CC[C@H]4CC(=O)CC[C@]4(C)[C@H]3CC[C@@]21C. The number of allylic oxidation sites excluding steroid dienone is 2. The summed E-state index contributed by atoms with van der Waals surface area (Å²) in [6, 6.07) is 0. The van der Waals surface area contributed by atoms with Crippen molar-refractivity contribution in [2.75, 3.05) is 0 Å². The van der Waals surface area contributed by atoms with Gasteiger partial charge in [-0.05, 0) is 91.3 Å². The molecule has 0 aromatic carbocycles. The van der Waals surface area contributed by atoms with Gasteiger partial charge in [0.15, 0.2) is 0 Å². The maximum absolute atomic E-state index is 12.1. The molecule has 0 amide bonds. The second-order valence-corrected chi connectivity index (χ2v) is 12.4. The Hall–Kier alpha value is -0.590. The van der Waals surface area contributed by atoms with Crippen molar-refractivity contribution < 1.29 is 4.79 Å². The van der Waals surface area contributed by atoms with Crippen LogP contribution in [0, 0.1) is 46.3 Å². The quantitative estimate of drug-likeness (QED) is 0.429. The predicted octanol–water partition coefficient (Wildman–Crippen LogP) is 7.99. The van der Waals surface area contributed by atoms with Gasteiger partial charge in [0.05, 0.1) is 0 Å². The molecule has 0 radical (unpaired) electrons. The molecule has 0 N–H and O–H groups in total. The van der Waals surface area contributed by atoms with E-state index >= 15 is 0 Å². The van der Waals surface area contributed by atoms with E-state index in [-0.39, 0.29) is 0 Å². The summed E-state index contributed by atoms with van der Waals surface area (Å²) in [6.45, 7) is 15.0. The average Bonchev–Trinajstić information content (AvgIpc) is 3.03. The highest BCUT2D eigenvalue weighted by atomic mass is 16.1. The van der Waals surface area contributed by atoms with Crippen LogP contribution in [0.25, 0.3) is 0 Å². The first-order valence-electron chi connectivity index (χ1n) is 12.9. The summed E-state index contributed by atoms with van der Waals surface area (Å²) < 4.78 is 0. The Morgan fingerprint density at radius 3 is 2.41 bits per heavy atom. The van der Waals surface area contributed by atoms with Gasteiger partial charge in [-0.25, -0.2) is 0 Å². The summed E-state index contributed by atoms with van der Waals surface area (Å²) >= 11 is 0. The Morgan fingerprint density at radius 2 is 1.69 bits per heavy atom. The van der Waals surface area contributed by atoms with Crippen LogP contribution in [0.4, 0.5) is 0 Å². The zero-order valence-electron chi connectivity index (χ0n) is 20.2. The second-order valence-electron chi connectivity index (χ2n) is 12.4. The van der Waals surface area contributed by atoms with E-state index in [0.29, 0.717) is 22.5 Å². The monoisotopic (exact) mass is 398 g/mol. The first kappa shape index (κ1) is 21.6. The lowest BCUT2D eigenvalue weighted by Crippen LogP contribution is -2.47. The van der Waals surface area contributed by atoms with Gasteiger partial charge in [-0.15, -0.1) is 0 Å². The molecule has 0 spiro atoms. The first-order valence-corrected chi connectivity index (χ1v) is 12.9. The van der Waals surface area contributed by atoms with Crippen molar-refractivity contribution in [1.29, 1.82) is 0 Å². The van der Waals surface area contributed by atoms with Gasteiger partial charge in [0.2, 0.25) is 0 Å². The molecule has 3 saturated carbocycles. The third-order valence-corrected chi connectivity index (χ3v) is 10.8. The molecule has 4 aliphatic carbocycles. The van der Waals surface area contributed by atoms with Gasteiger partial charge in [-0.2, -0.15) is 0 Å². The molecule has 0 aliphatic heterocycles. The zero-order valence-corrected chi connectivity index (χ0v) is 20.2. The van der Waals surface area contributed by atoms with Crippen LogP contribution in [0.1, 0.15) is 112 Å². The lowest BCUT2D eigenvalue weighted by Gasteiger charge is -2.56. The fraction of sp³-hybridized carbons (Fsp3) is 0.893. The third-order valence-electron chi connectivity index (χ3n) is 10.8. The Balaban J connectivity index is 1.54. The standard InChI is InChI=1S/C28H46O/c1-18(2)19(3)7-8-20(4)24-11-12-25-23-10-9-21-17-22(29)13-15-27(21,5)26(23)14-16-28(24,25)6/h18-21,24,26H,7-17H2,1-6H3/t19-,20+,21-,24-,26-,27-,28+/m0/s1. The van der Waals surface area contributed by atoms with Crippen molar-refractivity contribution in [3.8, 4) is 0 Å². The van der Waals surface area contributed by atoms with Crippen molar-refractivity contribution >= 4 is 5.78 Å². The van der Waals surface area contributed by atoms with Crippen LogP contribution in [0.3, 0.4) is 0 Å². The van der Waals surface area contributed by atoms with Crippen LogP contribution < -0.4 is 0 Å². The Morgan fingerprint density at radius 1 is 0.931 bits per heavy atom. The molecular formula is C28H46O. The van der Waals surface area contributed by atoms with Gasteiger partial charge in [0, 0.05) is 12.8 Å². The summed E-state index contributed by atoms with van der Waals surface area (Å²) in [7, 11) is 0. The van der Waals surface area contributed by atoms with E-state index in [1.165, 1.54) is 51.4 Å². The topological polar surface area (TPSA) is 17.1 Å². The summed E-state index contributed by atoms with van der Waals surface area (Å²) in [5.41, 5.74) is 4.67. The van der Waals surface area contributed by atoms with E-state index in [2.05, 4.69) is 41.5 Å². The van der Waals surface area contributed by atoms with E-state index in [1.807, 2.05) is 11.1 Å². The molecule has 0 bridgehead atoms. The smallest absolute Gasteiger partial charge is 0.133 e. The van der Waals surface area contributed by atoms with Crippen LogP contribution in [0.2, 0.25) is 0 Å². The molecule has 0 saturated heterocycles. The van der Waals surface area contributed by atoms with Crippen molar-refractivity contribution in [3.63, 3.8) is 0 Å². The Bertz CT molecular complexity index is 672. The minimum Gasteiger partial charge on any atom is -0.300 e. The average molecular weight is 399 g/mol. The number of ketones is 1. The fourth-order valence-electron chi connectivity index (χ4n) is 8.29. The van der Waals surface area contributed by atoms with Gasteiger partial charge in [-0.1, -0.05) is 65.5 Å². The molecule has 0 aromatic heterocycles. The van der Waals surface area contributed by atoms with Crippen LogP contribution >= 0.6 is 0 Å². The molecule has 3 fully saturated rings. The summed E-state index contributed by atoms with van der Waals surface area (Å²) in [4.78, 5) is 12.1. The highest BCUT2D eigenvalue weighted by Crippen LogP contribution is 2.65. The molecule has 164 valence electrons. The number of hydrogen-bond acceptors (Lipinski definition) is 1. The Kier molecular flexibility index (Phi) is 5.84. The van der Waals surface area contributed by atoms with Gasteiger partial charge in [-0.3, -0.25) is 4.79 Å². The normalized spacial score (nSPS) is 41.8. The highest BCUT2D eigenvalue weighted by molar-refractivity contribution is 5.79. The third kappa shape index (κ3) is 3.57. The largest absolute Gasteiger partial charge is 0.300 e. The van der Waals surface area contributed by atoms with Gasteiger partial charge in [0.25, 0.3) is 0 Å². The van der Waals surface area contributed by atoms with Gasteiger partial charge < -0.3 is 0 Å². The fourth-order valence-corrected chi connectivity index (χ4v) is 8.29. The molecular weight excluding hydrogens is 352 g/mol. The highest BCUT2D eigenvalue weighted by Gasteiger charge is 2.55. The van der Waals surface area contributed by atoms with Crippen molar-refractivity contribution in [2.24, 2.45) is 46.3 Å². The van der Waals surface area contributed by atoms with E-state index in [4.69, 9.17) is 0 Å². The summed E-state index contributed by atoms with van der Waals surface area (Å²) in [5, 5.41) is 0. The zero-order chi connectivity index (χ0) is 21.0. The lowest BCUT2D eigenvalue weighted by atomic mass is 9.49. The van der Waals surface area contributed by atoms with Crippen molar-refractivity contribution in [1.82, 2.24) is 0 Å². The molecule has 29 heavy (non-hydrogen) atoms. The number of Topliss-reactive ketones (excluding diaryl/α,β-unsaturated/α-hetero) is 1. The summed E-state index contributed by atoms with van der Waals surface area (Å²) in [6.07, 6.45) is 13.9. The van der Waals surface area contributed by atoms with E-state index in [1.54, 1.807) is 0 Å². The maximum Gasteiger partial charge on any atom is 0.133 e. The molecule has 4 aliphatic rings. The maximum atomic E-state index is 12.1. The minimum atomic E-state index is 0.409. The number of hydrogen-bond donors (Lipinski definition) is 0. The molecule has 1 heteroatoms. The molecule has 0 unspecified atom stereocenters. The Labute approximate surface area is 180 Å². The first-order chi connectivity index (χ1) is 13.7.